The van der Waals surface area contributed by atoms with Gasteiger partial charge in [-0.1, -0.05) is 20.3 Å². The minimum atomic E-state index is 0.187. The van der Waals surface area contributed by atoms with Crippen LogP contribution in [-0.2, 0) is 4.79 Å². The molecule has 0 aromatic heterocycles. The Bertz CT molecular complexity index is 191. The maximum atomic E-state index is 11.4. The van der Waals surface area contributed by atoms with E-state index in [1.807, 2.05) is 6.26 Å². The first-order chi connectivity index (χ1) is 6.06. The highest BCUT2D eigenvalue weighted by atomic mass is 32.2. The molecule has 3 heteroatoms. The Morgan fingerprint density at radius 2 is 2.31 bits per heavy atom. The van der Waals surface area contributed by atoms with Gasteiger partial charge in [0.2, 0.25) is 5.91 Å². The van der Waals surface area contributed by atoms with Crippen LogP contribution in [0.5, 0.6) is 0 Å². The standard InChI is InChI=1S/C10H19NOS/c1-10(2)6-4-5-8(10)11-9(12)7-13-3/h8H,4-7H2,1-3H3,(H,11,12). The molecule has 1 unspecified atom stereocenters. The molecule has 1 aliphatic rings. The van der Waals surface area contributed by atoms with Crippen molar-refractivity contribution in [3.8, 4) is 0 Å². The number of amides is 1. The van der Waals surface area contributed by atoms with Crippen molar-refractivity contribution in [2.24, 2.45) is 5.41 Å². The van der Waals surface area contributed by atoms with Gasteiger partial charge in [-0.15, -0.1) is 0 Å². The van der Waals surface area contributed by atoms with Crippen molar-refractivity contribution in [2.75, 3.05) is 12.0 Å². The summed E-state index contributed by atoms with van der Waals surface area (Å²) in [7, 11) is 0. The number of thioether (sulfide) groups is 1. The van der Waals surface area contributed by atoms with Crippen molar-refractivity contribution < 1.29 is 4.79 Å². The summed E-state index contributed by atoms with van der Waals surface area (Å²) >= 11 is 1.58. The first kappa shape index (κ1) is 10.9. The van der Waals surface area contributed by atoms with E-state index in [9.17, 15) is 4.79 Å². The van der Waals surface area contributed by atoms with Crippen molar-refractivity contribution in [3.05, 3.63) is 0 Å². The van der Waals surface area contributed by atoms with E-state index in [1.54, 1.807) is 11.8 Å². The average Bonchev–Trinajstić information content (AvgIpc) is 2.31. The van der Waals surface area contributed by atoms with Crippen LogP contribution in [-0.4, -0.2) is 24.0 Å². The van der Waals surface area contributed by atoms with E-state index in [0.717, 1.165) is 6.42 Å². The van der Waals surface area contributed by atoms with Crippen molar-refractivity contribution >= 4 is 17.7 Å². The molecule has 76 valence electrons. The summed E-state index contributed by atoms with van der Waals surface area (Å²) in [6.45, 7) is 4.48. The summed E-state index contributed by atoms with van der Waals surface area (Å²) in [4.78, 5) is 11.4. The molecule has 0 aromatic carbocycles. The monoisotopic (exact) mass is 201 g/mol. The van der Waals surface area contributed by atoms with E-state index in [-0.39, 0.29) is 5.91 Å². The number of nitrogens with one attached hydrogen (secondary N) is 1. The molecule has 2 nitrogen and oxygen atoms in total. The van der Waals surface area contributed by atoms with E-state index in [2.05, 4.69) is 19.2 Å². The molecule has 0 spiro atoms. The van der Waals surface area contributed by atoms with Gasteiger partial charge in [0.15, 0.2) is 0 Å². The number of carbonyl (C=O) groups is 1. The van der Waals surface area contributed by atoms with Crippen molar-refractivity contribution in [3.63, 3.8) is 0 Å². The van der Waals surface area contributed by atoms with Gasteiger partial charge in [-0.05, 0) is 24.5 Å². The van der Waals surface area contributed by atoms with Crippen LogP contribution in [0.3, 0.4) is 0 Å². The lowest BCUT2D eigenvalue weighted by atomic mass is 9.87. The number of carbonyl (C=O) groups excluding carboxylic acids is 1. The first-order valence-electron chi connectivity index (χ1n) is 4.84. The quantitative estimate of drug-likeness (QED) is 0.757. The van der Waals surface area contributed by atoms with Gasteiger partial charge in [-0.25, -0.2) is 0 Å². The lowest BCUT2D eigenvalue weighted by Crippen LogP contribution is -2.42. The Labute approximate surface area is 84.9 Å². The predicted octanol–water partition coefficient (Wildman–Crippen LogP) is 2.04. The molecule has 0 radical (unpaired) electrons. The zero-order valence-electron chi connectivity index (χ0n) is 8.72. The highest BCUT2D eigenvalue weighted by Crippen LogP contribution is 2.37. The maximum Gasteiger partial charge on any atom is 0.230 e. The zero-order chi connectivity index (χ0) is 9.90. The fourth-order valence-electron chi connectivity index (χ4n) is 1.96. The molecule has 0 heterocycles. The summed E-state index contributed by atoms with van der Waals surface area (Å²) in [6, 6.07) is 0.396. The summed E-state index contributed by atoms with van der Waals surface area (Å²) < 4.78 is 0. The van der Waals surface area contributed by atoms with E-state index in [4.69, 9.17) is 0 Å². The third kappa shape index (κ3) is 2.90. The third-order valence-corrected chi connectivity index (χ3v) is 3.42. The molecule has 1 fully saturated rings. The van der Waals surface area contributed by atoms with Crippen LogP contribution in [0.2, 0.25) is 0 Å². The molecule has 1 amide bonds. The lowest BCUT2D eigenvalue weighted by molar-refractivity contribution is -0.119. The largest absolute Gasteiger partial charge is 0.352 e. The second-order valence-corrected chi connectivity index (χ2v) is 5.30. The third-order valence-electron chi connectivity index (χ3n) is 2.87. The van der Waals surface area contributed by atoms with Gasteiger partial charge in [0, 0.05) is 6.04 Å². The molecular weight excluding hydrogens is 182 g/mol. The van der Waals surface area contributed by atoms with E-state index >= 15 is 0 Å². The summed E-state index contributed by atoms with van der Waals surface area (Å²) in [5.74, 6) is 0.777. The first-order valence-corrected chi connectivity index (χ1v) is 6.24. The summed E-state index contributed by atoms with van der Waals surface area (Å²) in [5, 5.41) is 3.11. The number of hydrogen-bond donors (Lipinski definition) is 1. The molecule has 1 atom stereocenters. The Morgan fingerprint density at radius 1 is 1.62 bits per heavy atom. The van der Waals surface area contributed by atoms with E-state index in [1.165, 1.54) is 12.8 Å². The van der Waals surface area contributed by atoms with Gasteiger partial charge in [0.05, 0.1) is 5.75 Å². The van der Waals surface area contributed by atoms with Crippen LogP contribution in [0.15, 0.2) is 0 Å². The van der Waals surface area contributed by atoms with E-state index < -0.39 is 0 Å². The second-order valence-electron chi connectivity index (χ2n) is 4.43. The van der Waals surface area contributed by atoms with Crippen molar-refractivity contribution in [1.29, 1.82) is 0 Å². The minimum absolute atomic E-state index is 0.187. The number of rotatable bonds is 3. The topological polar surface area (TPSA) is 29.1 Å². The molecule has 0 aromatic rings. The van der Waals surface area contributed by atoms with Crippen LogP contribution in [0.25, 0.3) is 0 Å². The van der Waals surface area contributed by atoms with Crippen LogP contribution < -0.4 is 5.32 Å². The Hall–Kier alpha value is -0.180. The van der Waals surface area contributed by atoms with Gasteiger partial charge < -0.3 is 5.32 Å². The van der Waals surface area contributed by atoms with Gasteiger partial charge in [-0.2, -0.15) is 11.8 Å². The van der Waals surface area contributed by atoms with Gasteiger partial charge >= 0.3 is 0 Å². The summed E-state index contributed by atoms with van der Waals surface area (Å²) in [6.07, 6.45) is 5.58. The van der Waals surface area contributed by atoms with Crippen molar-refractivity contribution in [1.82, 2.24) is 5.32 Å². The minimum Gasteiger partial charge on any atom is -0.352 e. The number of hydrogen-bond acceptors (Lipinski definition) is 2. The molecule has 0 bridgehead atoms. The zero-order valence-corrected chi connectivity index (χ0v) is 9.54. The lowest BCUT2D eigenvalue weighted by Gasteiger charge is -2.27. The van der Waals surface area contributed by atoms with Crippen LogP contribution in [0, 0.1) is 5.41 Å². The van der Waals surface area contributed by atoms with Gasteiger partial charge in [0.25, 0.3) is 0 Å². The summed E-state index contributed by atoms with van der Waals surface area (Å²) in [5.41, 5.74) is 0.300. The maximum absolute atomic E-state index is 11.4. The molecule has 0 aliphatic heterocycles. The van der Waals surface area contributed by atoms with Crippen LogP contribution >= 0.6 is 11.8 Å². The van der Waals surface area contributed by atoms with Crippen LogP contribution in [0.4, 0.5) is 0 Å². The molecule has 0 saturated heterocycles. The second kappa shape index (κ2) is 4.36. The predicted molar refractivity (Wildman–Crippen MR) is 57.9 cm³/mol. The molecular formula is C10H19NOS. The van der Waals surface area contributed by atoms with E-state index in [0.29, 0.717) is 17.2 Å². The van der Waals surface area contributed by atoms with Gasteiger partial charge in [0.1, 0.15) is 0 Å². The SMILES string of the molecule is CSCC(=O)NC1CCCC1(C)C. The smallest absolute Gasteiger partial charge is 0.230 e. The molecule has 1 N–H and O–H groups in total. The average molecular weight is 201 g/mol. The van der Waals surface area contributed by atoms with Crippen LogP contribution in [0.1, 0.15) is 33.1 Å². The van der Waals surface area contributed by atoms with Gasteiger partial charge in [-0.3, -0.25) is 4.79 Å². The van der Waals surface area contributed by atoms with Crippen molar-refractivity contribution in [2.45, 2.75) is 39.2 Å². The Morgan fingerprint density at radius 3 is 2.77 bits per heavy atom. The molecule has 13 heavy (non-hydrogen) atoms. The highest BCUT2D eigenvalue weighted by molar-refractivity contribution is 7.99. The normalized spacial score (nSPS) is 25.9. The Kier molecular flexibility index (Phi) is 3.65. The molecule has 1 rings (SSSR count). The molecule has 1 aliphatic carbocycles. The Balaban J connectivity index is 2.40. The molecule has 1 saturated carbocycles. The fourth-order valence-corrected chi connectivity index (χ4v) is 2.31. The fraction of sp³-hybridized carbons (Fsp3) is 0.900. The highest BCUT2D eigenvalue weighted by Gasteiger charge is 2.34.